The maximum Gasteiger partial charge on any atom is 0.344 e. The molecule has 0 saturated heterocycles. The molecule has 0 spiro atoms. The molecular weight excluding hydrogens is 292 g/mol. The van der Waals surface area contributed by atoms with Crippen LogP contribution in [0.15, 0.2) is 45.6 Å². The van der Waals surface area contributed by atoms with Crippen molar-refractivity contribution in [1.29, 1.82) is 0 Å². The minimum absolute atomic E-state index is 0.0548. The fourth-order valence-electron chi connectivity index (χ4n) is 2.78. The molecule has 3 rings (SSSR count). The lowest BCUT2D eigenvalue weighted by Crippen LogP contribution is -2.00. The Morgan fingerprint density at radius 1 is 1.22 bits per heavy atom. The van der Waals surface area contributed by atoms with E-state index in [1.807, 2.05) is 25.1 Å². The smallest absolute Gasteiger partial charge is 0.344 e. The van der Waals surface area contributed by atoms with Gasteiger partial charge in [0.25, 0.3) is 0 Å². The van der Waals surface area contributed by atoms with Crippen molar-refractivity contribution in [1.82, 2.24) is 0 Å². The van der Waals surface area contributed by atoms with E-state index >= 15 is 0 Å². The van der Waals surface area contributed by atoms with Gasteiger partial charge in [0.2, 0.25) is 0 Å². The molecule has 1 N–H and O–H groups in total. The summed E-state index contributed by atoms with van der Waals surface area (Å²) in [6, 6.07) is 8.84. The van der Waals surface area contributed by atoms with E-state index in [0.29, 0.717) is 16.7 Å². The third-order valence-corrected chi connectivity index (χ3v) is 3.98. The zero-order chi connectivity index (χ0) is 16.6. The predicted octanol–water partition coefficient (Wildman–Crippen LogP) is 4.47. The van der Waals surface area contributed by atoms with Gasteiger partial charge in [-0.25, -0.2) is 4.79 Å². The van der Waals surface area contributed by atoms with Crippen LogP contribution < -0.4 is 10.4 Å². The molecule has 0 atom stereocenters. The maximum atomic E-state index is 12.3. The van der Waals surface area contributed by atoms with Crippen molar-refractivity contribution in [2.75, 3.05) is 7.11 Å². The van der Waals surface area contributed by atoms with E-state index in [9.17, 15) is 9.90 Å². The van der Waals surface area contributed by atoms with Crippen LogP contribution in [0.2, 0.25) is 0 Å². The van der Waals surface area contributed by atoms with Gasteiger partial charge in [-0.3, -0.25) is 0 Å². The van der Waals surface area contributed by atoms with E-state index in [0.717, 1.165) is 28.3 Å². The third kappa shape index (κ3) is 2.57. The van der Waals surface area contributed by atoms with Gasteiger partial charge in [0.15, 0.2) is 11.5 Å². The first-order valence-corrected chi connectivity index (χ1v) is 7.50. The van der Waals surface area contributed by atoms with Crippen LogP contribution in [0.1, 0.15) is 25.8 Å². The number of fused-ring (bicyclic) bond motifs is 3. The van der Waals surface area contributed by atoms with Gasteiger partial charge in [0, 0.05) is 16.8 Å². The van der Waals surface area contributed by atoms with E-state index in [-0.39, 0.29) is 5.75 Å². The first-order valence-electron chi connectivity index (χ1n) is 7.50. The Labute approximate surface area is 133 Å². The number of hydrogen-bond acceptors (Lipinski definition) is 4. The predicted molar refractivity (Wildman–Crippen MR) is 92.1 cm³/mol. The van der Waals surface area contributed by atoms with Crippen molar-refractivity contribution >= 4 is 27.3 Å². The standard InChI is InChI=1S/C19H18O4/c1-4-5-11(2)12-6-7-13-14-9-18(22-3)16(20)10-17(14)23-19(21)15(13)8-12/h5-10,20H,4H2,1-3H3/b11-5-. The molecule has 0 radical (unpaired) electrons. The molecule has 2 aromatic carbocycles. The molecule has 3 aromatic rings. The summed E-state index contributed by atoms with van der Waals surface area (Å²) in [6.07, 6.45) is 3.05. The highest BCUT2D eigenvalue weighted by Gasteiger charge is 2.12. The Kier molecular flexibility index (Phi) is 3.82. The third-order valence-electron chi connectivity index (χ3n) is 3.98. The molecule has 0 unspecified atom stereocenters. The number of methoxy groups -OCH3 is 1. The number of phenolic OH excluding ortho intramolecular Hbond substituents is 1. The number of hydrogen-bond donors (Lipinski definition) is 1. The van der Waals surface area contributed by atoms with E-state index in [4.69, 9.17) is 9.15 Å². The minimum atomic E-state index is -0.414. The summed E-state index contributed by atoms with van der Waals surface area (Å²) >= 11 is 0. The first kappa shape index (κ1) is 15.2. The zero-order valence-corrected chi connectivity index (χ0v) is 13.3. The van der Waals surface area contributed by atoms with Gasteiger partial charge < -0.3 is 14.3 Å². The Bertz CT molecular complexity index is 980. The lowest BCUT2D eigenvalue weighted by atomic mass is 10.0. The second-order valence-corrected chi connectivity index (χ2v) is 5.47. The van der Waals surface area contributed by atoms with Crippen LogP contribution in [-0.4, -0.2) is 12.2 Å². The number of aromatic hydroxyl groups is 1. The van der Waals surface area contributed by atoms with Crippen molar-refractivity contribution in [3.8, 4) is 11.5 Å². The molecule has 1 aromatic heterocycles. The average molecular weight is 310 g/mol. The summed E-state index contributed by atoms with van der Waals surface area (Å²) in [6.45, 7) is 4.10. The molecule has 0 saturated carbocycles. The largest absolute Gasteiger partial charge is 0.504 e. The Balaban J connectivity index is 2.36. The highest BCUT2D eigenvalue weighted by Crippen LogP contribution is 2.34. The summed E-state index contributed by atoms with van der Waals surface area (Å²) in [4.78, 5) is 12.3. The second kappa shape index (κ2) is 5.80. The number of allylic oxidation sites excluding steroid dienone is 2. The van der Waals surface area contributed by atoms with Gasteiger partial charge in [-0.2, -0.15) is 0 Å². The van der Waals surface area contributed by atoms with Gasteiger partial charge in [0.05, 0.1) is 12.5 Å². The summed E-state index contributed by atoms with van der Waals surface area (Å²) in [5.41, 5.74) is 2.05. The van der Waals surface area contributed by atoms with E-state index in [1.54, 1.807) is 6.07 Å². The number of phenols is 1. The number of rotatable bonds is 3. The van der Waals surface area contributed by atoms with Crippen molar-refractivity contribution in [3.63, 3.8) is 0 Å². The van der Waals surface area contributed by atoms with Gasteiger partial charge in [-0.15, -0.1) is 0 Å². The molecule has 0 fully saturated rings. The lowest BCUT2D eigenvalue weighted by Gasteiger charge is -2.08. The van der Waals surface area contributed by atoms with Crippen molar-refractivity contribution < 1.29 is 14.3 Å². The summed E-state index contributed by atoms with van der Waals surface area (Å²) < 4.78 is 10.5. The molecule has 0 aliphatic carbocycles. The van der Waals surface area contributed by atoms with Crippen molar-refractivity contribution in [2.45, 2.75) is 20.3 Å². The maximum absolute atomic E-state index is 12.3. The van der Waals surface area contributed by atoms with Crippen molar-refractivity contribution in [2.24, 2.45) is 0 Å². The van der Waals surface area contributed by atoms with Crippen LogP contribution in [0, 0.1) is 0 Å². The first-order chi connectivity index (χ1) is 11.0. The summed E-state index contributed by atoms with van der Waals surface area (Å²) in [7, 11) is 1.49. The molecule has 0 aliphatic heterocycles. The number of ether oxygens (including phenoxy) is 1. The molecule has 1 heterocycles. The van der Waals surface area contributed by atoms with Crippen LogP contribution in [-0.2, 0) is 0 Å². The Morgan fingerprint density at radius 3 is 2.70 bits per heavy atom. The molecule has 118 valence electrons. The monoisotopic (exact) mass is 310 g/mol. The van der Waals surface area contributed by atoms with E-state index in [1.165, 1.54) is 13.2 Å². The molecule has 4 heteroatoms. The fraction of sp³-hybridized carbons (Fsp3) is 0.211. The van der Waals surface area contributed by atoms with Crippen LogP contribution >= 0.6 is 0 Å². The van der Waals surface area contributed by atoms with Crippen LogP contribution in [0.5, 0.6) is 11.5 Å². The average Bonchev–Trinajstić information content (AvgIpc) is 2.54. The highest BCUT2D eigenvalue weighted by atomic mass is 16.5. The van der Waals surface area contributed by atoms with Crippen LogP contribution in [0.4, 0.5) is 0 Å². The van der Waals surface area contributed by atoms with E-state index < -0.39 is 5.63 Å². The van der Waals surface area contributed by atoms with Gasteiger partial charge in [-0.1, -0.05) is 25.1 Å². The van der Waals surface area contributed by atoms with Crippen LogP contribution in [0.3, 0.4) is 0 Å². The molecule has 4 nitrogen and oxygen atoms in total. The normalized spacial score (nSPS) is 12.0. The Morgan fingerprint density at radius 2 is 2.00 bits per heavy atom. The zero-order valence-electron chi connectivity index (χ0n) is 13.3. The second-order valence-electron chi connectivity index (χ2n) is 5.47. The minimum Gasteiger partial charge on any atom is -0.504 e. The fourth-order valence-corrected chi connectivity index (χ4v) is 2.78. The molecule has 23 heavy (non-hydrogen) atoms. The lowest BCUT2D eigenvalue weighted by molar-refractivity contribution is 0.373. The molecule has 0 bridgehead atoms. The van der Waals surface area contributed by atoms with Crippen molar-refractivity contribution in [3.05, 3.63) is 52.4 Å². The Hall–Kier alpha value is -2.75. The topological polar surface area (TPSA) is 59.7 Å². The van der Waals surface area contributed by atoms with Crippen LogP contribution in [0.25, 0.3) is 27.3 Å². The highest BCUT2D eigenvalue weighted by molar-refractivity contribution is 6.06. The summed E-state index contributed by atoms with van der Waals surface area (Å²) in [5.74, 6) is 0.291. The van der Waals surface area contributed by atoms with E-state index in [2.05, 4.69) is 13.0 Å². The van der Waals surface area contributed by atoms with Gasteiger partial charge >= 0.3 is 5.63 Å². The SMILES string of the molecule is CC/C=C(/C)c1ccc2c(c1)c(=O)oc1cc(O)c(OC)cc12. The quantitative estimate of drug-likeness (QED) is 0.572. The molecular formula is C19H18O4. The summed E-state index contributed by atoms with van der Waals surface area (Å²) in [5, 5.41) is 11.9. The number of benzene rings is 2. The molecule has 0 amide bonds. The van der Waals surface area contributed by atoms with Gasteiger partial charge in [-0.05, 0) is 36.6 Å². The molecule has 0 aliphatic rings. The van der Waals surface area contributed by atoms with Gasteiger partial charge in [0.1, 0.15) is 5.58 Å².